The molecular weight excluding hydrogens is 290 g/mol. The van der Waals surface area contributed by atoms with Crippen LogP contribution in [0.25, 0.3) is 16.6 Å². The minimum atomic E-state index is 0.520. The van der Waals surface area contributed by atoms with Crippen LogP contribution in [-0.4, -0.2) is 4.57 Å². The molecule has 0 bridgehead atoms. The molecule has 1 heterocycles. The zero-order valence-electron chi connectivity index (χ0n) is 15.2. The molecule has 1 saturated carbocycles. The van der Waals surface area contributed by atoms with Crippen LogP contribution in [0.15, 0.2) is 48.5 Å². The molecule has 1 nitrogen and oxygen atoms in total. The van der Waals surface area contributed by atoms with Crippen molar-refractivity contribution in [3.63, 3.8) is 0 Å². The molecule has 1 heteroatoms. The number of nitrogens with zero attached hydrogens (tertiary/aromatic N) is 1. The van der Waals surface area contributed by atoms with Gasteiger partial charge in [-0.2, -0.15) is 0 Å². The number of para-hydroxylation sites is 2. The van der Waals surface area contributed by atoms with Crippen LogP contribution in [-0.2, 0) is 0 Å². The van der Waals surface area contributed by atoms with Crippen molar-refractivity contribution in [1.82, 2.24) is 4.57 Å². The van der Waals surface area contributed by atoms with Gasteiger partial charge in [-0.1, -0.05) is 64.1 Å². The summed E-state index contributed by atoms with van der Waals surface area (Å²) in [6.45, 7) is 9.24. The third-order valence-electron chi connectivity index (χ3n) is 5.30. The highest BCUT2D eigenvalue weighted by molar-refractivity contribution is 5.84. The van der Waals surface area contributed by atoms with Crippen LogP contribution in [0.1, 0.15) is 75.1 Å². The molecule has 0 amide bonds. The van der Waals surface area contributed by atoms with E-state index in [4.69, 9.17) is 0 Å². The first-order chi connectivity index (χ1) is 11.6. The molecule has 1 fully saturated rings. The van der Waals surface area contributed by atoms with E-state index in [-0.39, 0.29) is 0 Å². The molecule has 1 aliphatic rings. The van der Waals surface area contributed by atoms with Crippen LogP contribution in [0, 0.1) is 0 Å². The molecule has 24 heavy (non-hydrogen) atoms. The van der Waals surface area contributed by atoms with Crippen molar-refractivity contribution in [3.05, 3.63) is 65.4 Å². The lowest BCUT2D eigenvalue weighted by molar-refractivity contribution is 0.799. The molecule has 0 N–H and O–H groups in total. The normalized spacial score (nSPS) is 14.9. The van der Waals surface area contributed by atoms with Crippen LogP contribution >= 0.6 is 0 Å². The van der Waals surface area contributed by atoms with Crippen molar-refractivity contribution in [2.75, 3.05) is 0 Å². The summed E-state index contributed by atoms with van der Waals surface area (Å²) in [5.74, 6) is 1.77. The van der Waals surface area contributed by atoms with E-state index in [1.807, 2.05) is 0 Å². The summed E-state index contributed by atoms with van der Waals surface area (Å²) < 4.78 is 2.58. The second-order valence-electron chi connectivity index (χ2n) is 7.83. The standard InChI is InChI=1S/C23H27N/c1-15(2)19-9-7-10-20(16(3)4)23(19)24-21-11-6-5-8-18(21)14-22(24)17-12-13-17/h5-11,14-17H,12-13H2,1-4H3. The van der Waals surface area contributed by atoms with E-state index in [9.17, 15) is 0 Å². The molecule has 124 valence electrons. The van der Waals surface area contributed by atoms with Crippen LogP contribution in [0.4, 0.5) is 0 Å². The van der Waals surface area contributed by atoms with Gasteiger partial charge in [0.2, 0.25) is 0 Å². The highest BCUT2D eigenvalue weighted by Gasteiger charge is 2.30. The van der Waals surface area contributed by atoms with Crippen molar-refractivity contribution in [2.45, 2.75) is 58.3 Å². The van der Waals surface area contributed by atoms with Crippen molar-refractivity contribution in [3.8, 4) is 5.69 Å². The Balaban J connectivity index is 2.09. The fourth-order valence-electron chi connectivity index (χ4n) is 3.88. The van der Waals surface area contributed by atoms with Crippen LogP contribution in [0.5, 0.6) is 0 Å². The van der Waals surface area contributed by atoms with E-state index in [0.29, 0.717) is 11.8 Å². The van der Waals surface area contributed by atoms with Gasteiger partial charge in [0, 0.05) is 11.1 Å². The van der Waals surface area contributed by atoms with Gasteiger partial charge in [-0.3, -0.25) is 0 Å². The Morgan fingerprint density at radius 3 is 2.04 bits per heavy atom. The fraction of sp³-hybridized carbons (Fsp3) is 0.391. The summed E-state index contributed by atoms with van der Waals surface area (Å²) in [7, 11) is 0. The molecule has 3 aromatic rings. The maximum absolute atomic E-state index is 2.58. The fourth-order valence-corrected chi connectivity index (χ4v) is 3.88. The monoisotopic (exact) mass is 317 g/mol. The minimum Gasteiger partial charge on any atom is -0.313 e. The number of hydrogen-bond acceptors (Lipinski definition) is 0. The molecule has 2 aromatic carbocycles. The van der Waals surface area contributed by atoms with E-state index in [0.717, 1.165) is 5.92 Å². The number of hydrogen-bond donors (Lipinski definition) is 0. The quantitative estimate of drug-likeness (QED) is 0.501. The molecule has 0 unspecified atom stereocenters. The van der Waals surface area contributed by atoms with E-state index >= 15 is 0 Å². The van der Waals surface area contributed by atoms with E-state index in [1.165, 1.54) is 46.3 Å². The lowest BCUT2D eigenvalue weighted by Crippen LogP contribution is -2.09. The molecular formula is C23H27N. The maximum Gasteiger partial charge on any atom is 0.0531 e. The van der Waals surface area contributed by atoms with Crippen LogP contribution in [0.2, 0.25) is 0 Å². The van der Waals surface area contributed by atoms with Gasteiger partial charge in [-0.05, 0) is 53.9 Å². The largest absolute Gasteiger partial charge is 0.313 e. The lowest BCUT2D eigenvalue weighted by atomic mass is 9.92. The number of fused-ring (bicyclic) bond motifs is 1. The van der Waals surface area contributed by atoms with E-state index in [2.05, 4.69) is 80.8 Å². The number of aromatic nitrogens is 1. The van der Waals surface area contributed by atoms with Gasteiger partial charge in [0.25, 0.3) is 0 Å². The third kappa shape index (κ3) is 2.47. The van der Waals surface area contributed by atoms with Gasteiger partial charge in [0.05, 0.1) is 11.2 Å². The van der Waals surface area contributed by atoms with Crippen molar-refractivity contribution < 1.29 is 0 Å². The Kier molecular flexibility index (Phi) is 3.75. The summed E-state index contributed by atoms with van der Waals surface area (Å²) in [5.41, 5.74) is 7.22. The Bertz CT molecular complexity index is 852. The zero-order chi connectivity index (χ0) is 16.8. The predicted molar refractivity (Wildman–Crippen MR) is 103 cm³/mol. The summed E-state index contributed by atoms with van der Waals surface area (Å²) in [5, 5.41) is 1.37. The van der Waals surface area contributed by atoms with Gasteiger partial charge in [0.15, 0.2) is 0 Å². The SMILES string of the molecule is CC(C)c1cccc(C(C)C)c1-n1c(C2CC2)cc2ccccc21. The second-order valence-corrected chi connectivity index (χ2v) is 7.83. The third-order valence-corrected chi connectivity index (χ3v) is 5.30. The van der Waals surface area contributed by atoms with Crippen LogP contribution in [0.3, 0.4) is 0 Å². The van der Waals surface area contributed by atoms with Gasteiger partial charge in [-0.15, -0.1) is 0 Å². The topological polar surface area (TPSA) is 4.93 Å². The van der Waals surface area contributed by atoms with E-state index < -0.39 is 0 Å². The first-order valence-electron chi connectivity index (χ1n) is 9.31. The van der Waals surface area contributed by atoms with Gasteiger partial charge >= 0.3 is 0 Å². The Morgan fingerprint density at radius 1 is 0.833 bits per heavy atom. The van der Waals surface area contributed by atoms with Crippen LogP contribution < -0.4 is 0 Å². The van der Waals surface area contributed by atoms with Gasteiger partial charge in [0.1, 0.15) is 0 Å². The highest BCUT2D eigenvalue weighted by Crippen LogP contribution is 2.45. The smallest absolute Gasteiger partial charge is 0.0531 e. The van der Waals surface area contributed by atoms with Crippen molar-refractivity contribution in [1.29, 1.82) is 0 Å². The molecule has 1 aliphatic carbocycles. The Morgan fingerprint density at radius 2 is 1.46 bits per heavy atom. The molecule has 0 saturated heterocycles. The van der Waals surface area contributed by atoms with E-state index in [1.54, 1.807) is 0 Å². The Labute approximate surface area is 145 Å². The molecule has 0 atom stereocenters. The second kappa shape index (κ2) is 5.81. The average Bonchev–Trinajstić information content (AvgIpc) is 3.34. The molecule has 4 rings (SSSR count). The predicted octanol–water partition coefficient (Wildman–Crippen LogP) is 6.75. The lowest BCUT2D eigenvalue weighted by Gasteiger charge is -2.23. The summed E-state index contributed by atoms with van der Waals surface area (Å²) in [6.07, 6.45) is 2.66. The molecule has 0 aliphatic heterocycles. The van der Waals surface area contributed by atoms with Crippen molar-refractivity contribution in [2.24, 2.45) is 0 Å². The first kappa shape index (κ1) is 15.5. The average molecular weight is 317 g/mol. The molecule has 0 radical (unpaired) electrons. The zero-order valence-corrected chi connectivity index (χ0v) is 15.2. The summed E-state index contributed by atoms with van der Waals surface area (Å²) in [4.78, 5) is 0. The first-order valence-corrected chi connectivity index (χ1v) is 9.31. The Hall–Kier alpha value is -2.02. The van der Waals surface area contributed by atoms with Gasteiger partial charge in [-0.25, -0.2) is 0 Å². The number of rotatable bonds is 4. The van der Waals surface area contributed by atoms with Gasteiger partial charge < -0.3 is 4.57 Å². The van der Waals surface area contributed by atoms with Crippen molar-refractivity contribution >= 4 is 10.9 Å². The number of benzene rings is 2. The molecule has 1 aromatic heterocycles. The maximum atomic E-state index is 2.58. The minimum absolute atomic E-state index is 0.520. The molecule has 0 spiro atoms. The summed E-state index contributed by atoms with van der Waals surface area (Å²) >= 11 is 0. The highest BCUT2D eigenvalue weighted by atomic mass is 15.0. The summed E-state index contributed by atoms with van der Waals surface area (Å²) in [6, 6.07) is 18.1.